The minimum atomic E-state index is -0.797. The van der Waals surface area contributed by atoms with Crippen LogP contribution in [0.4, 0.5) is 5.69 Å². The van der Waals surface area contributed by atoms with Gasteiger partial charge in [0.2, 0.25) is 0 Å². The van der Waals surface area contributed by atoms with Crippen molar-refractivity contribution in [2.24, 2.45) is 0 Å². The summed E-state index contributed by atoms with van der Waals surface area (Å²) in [7, 11) is 0. The standard InChI is InChI=1S/C41H52N2O3/c1-32(2)38-30-43(28-16-27-40(44)45)31-39(38)41(46)35-23-15-26-37(29-35)42-36(24-13-5-11-21-33-17-7-3-8-18-33)25-14-6-12-22-34-19-9-4-10-20-34/h3-4,7-10,15,17-20,23,26,29-32,36,42H,5-6,11-14,16,21-22,24-25,27-28H2,1-2H3,(H,44,45). The number of aryl methyl sites for hydroxylation is 3. The van der Waals surface area contributed by atoms with Crippen molar-refractivity contribution in [3.8, 4) is 0 Å². The van der Waals surface area contributed by atoms with Crippen LogP contribution in [0.3, 0.4) is 0 Å². The maximum Gasteiger partial charge on any atom is 0.303 e. The number of carbonyl (C=O) groups is 2. The van der Waals surface area contributed by atoms with Crippen LogP contribution in [0.15, 0.2) is 97.3 Å². The first-order valence-corrected chi connectivity index (χ1v) is 17.3. The second-order valence-corrected chi connectivity index (χ2v) is 12.9. The number of nitrogens with zero attached hydrogens (tertiary/aromatic N) is 1. The van der Waals surface area contributed by atoms with E-state index in [1.165, 1.54) is 49.7 Å². The molecule has 0 bridgehead atoms. The van der Waals surface area contributed by atoms with Gasteiger partial charge in [0.15, 0.2) is 5.78 Å². The predicted octanol–water partition coefficient (Wildman–Crippen LogP) is 10.1. The van der Waals surface area contributed by atoms with E-state index in [9.17, 15) is 9.59 Å². The molecule has 2 N–H and O–H groups in total. The second kappa shape index (κ2) is 18.8. The van der Waals surface area contributed by atoms with Gasteiger partial charge in [-0.05, 0) is 79.7 Å². The van der Waals surface area contributed by atoms with E-state index >= 15 is 0 Å². The number of benzene rings is 3. The normalized spacial score (nSPS) is 11.3. The third kappa shape index (κ3) is 11.7. The number of hydrogen-bond donors (Lipinski definition) is 2. The van der Waals surface area contributed by atoms with Gasteiger partial charge in [-0.3, -0.25) is 9.59 Å². The van der Waals surface area contributed by atoms with Crippen LogP contribution in [0.5, 0.6) is 0 Å². The first-order chi connectivity index (χ1) is 22.4. The van der Waals surface area contributed by atoms with Gasteiger partial charge in [0.25, 0.3) is 0 Å². The minimum absolute atomic E-state index is 0.0164. The van der Waals surface area contributed by atoms with Crippen molar-refractivity contribution in [2.45, 2.75) is 109 Å². The van der Waals surface area contributed by atoms with Gasteiger partial charge < -0.3 is 15.0 Å². The molecule has 0 aliphatic carbocycles. The Kier molecular flexibility index (Phi) is 14.2. The van der Waals surface area contributed by atoms with Crippen LogP contribution in [0.25, 0.3) is 0 Å². The zero-order valence-electron chi connectivity index (χ0n) is 27.8. The van der Waals surface area contributed by atoms with Crippen LogP contribution in [0.1, 0.15) is 117 Å². The third-order valence-electron chi connectivity index (χ3n) is 8.80. The van der Waals surface area contributed by atoms with Gasteiger partial charge in [-0.1, -0.05) is 112 Å². The molecule has 0 saturated carbocycles. The molecule has 46 heavy (non-hydrogen) atoms. The Morgan fingerprint density at radius 2 is 1.33 bits per heavy atom. The first-order valence-electron chi connectivity index (χ1n) is 17.3. The monoisotopic (exact) mass is 620 g/mol. The molecule has 0 atom stereocenters. The molecule has 4 aromatic rings. The molecular weight excluding hydrogens is 568 g/mol. The lowest BCUT2D eigenvalue weighted by Gasteiger charge is -2.21. The van der Waals surface area contributed by atoms with Crippen LogP contribution >= 0.6 is 0 Å². The van der Waals surface area contributed by atoms with E-state index in [-0.39, 0.29) is 18.1 Å². The van der Waals surface area contributed by atoms with Crippen molar-refractivity contribution in [3.05, 3.63) is 125 Å². The molecule has 0 radical (unpaired) electrons. The van der Waals surface area contributed by atoms with Crippen molar-refractivity contribution < 1.29 is 14.7 Å². The molecule has 5 heteroatoms. The quantitative estimate of drug-likeness (QED) is 0.0718. The summed E-state index contributed by atoms with van der Waals surface area (Å²) in [6.07, 6.45) is 16.2. The number of aromatic nitrogens is 1. The maximum atomic E-state index is 13.8. The molecule has 0 unspecified atom stereocenters. The van der Waals surface area contributed by atoms with Crippen molar-refractivity contribution in [2.75, 3.05) is 5.32 Å². The van der Waals surface area contributed by atoms with E-state index in [1.807, 2.05) is 35.2 Å². The Bertz CT molecular complexity index is 1430. The number of rotatable bonds is 21. The van der Waals surface area contributed by atoms with Crippen molar-refractivity contribution in [1.82, 2.24) is 4.57 Å². The first kappa shape index (κ1) is 34.7. The summed E-state index contributed by atoms with van der Waals surface area (Å²) < 4.78 is 1.97. The van der Waals surface area contributed by atoms with E-state index in [0.29, 0.717) is 30.1 Å². The average Bonchev–Trinajstić information content (AvgIpc) is 3.49. The van der Waals surface area contributed by atoms with Crippen molar-refractivity contribution >= 4 is 17.4 Å². The Morgan fingerprint density at radius 3 is 1.89 bits per heavy atom. The number of carbonyl (C=O) groups excluding carboxylic acids is 1. The summed E-state index contributed by atoms with van der Waals surface area (Å²) in [5.74, 6) is -0.591. The molecule has 0 saturated heterocycles. The fourth-order valence-electron chi connectivity index (χ4n) is 6.23. The number of unbranched alkanes of at least 4 members (excludes halogenated alkanes) is 4. The van der Waals surface area contributed by atoms with Gasteiger partial charge in [-0.15, -0.1) is 0 Å². The summed E-state index contributed by atoms with van der Waals surface area (Å²) in [6.45, 7) is 4.77. The fraction of sp³-hybridized carbons (Fsp3) is 0.415. The number of nitrogens with one attached hydrogen (secondary N) is 1. The van der Waals surface area contributed by atoms with Crippen LogP contribution in [0, 0.1) is 0 Å². The molecule has 5 nitrogen and oxygen atoms in total. The Hall–Kier alpha value is -4.12. The highest BCUT2D eigenvalue weighted by Gasteiger charge is 2.19. The van der Waals surface area contributed by atoms with Gasteiger partial charge in [0.1, 0.15) is 0 Å². The summed E-state index contributed by atoms with van der Waals surface area (Å²) in [4.78, 5) is 24.8. The number of hydrogen-bond acceptors (Lipinski definition) is 3. The molecule has 244 valence electrons. The second-order valence-electron chi connectivity index (χ2n) is 12.9. The van der Waals surface area contributed by atoms with Crippen LogP contribution < -0.4 is 5.32 Å². The van der Waals surface area contributed by atoms with E-state index in [4.69, 9.17) is 5.11 Å². The Balaban J connectivity index is 1.37. The predicted molar refractivity (Wildman–Crippen MR) is 190 cm³/mol. The molecule has 1 heterocycles. The number of aliphatic carboxylic acids is 1. The number of anilines is 1. The molecule has 0 amide bonds. The van der Waals surface area contributed by atoms with Gasteiger partial charge in [-0.25, -0.2) is 0 Å². The van der Waals surface area contributed by atoms with E-state index in [0.717, 1.165) is 36.9 Å². The largest absolute Gasteiger partial charge is 0.481 e. The molecule has 4 rings (SSSR count). The molecule has 0 aliphatic heterocycles. The molecule has 0 fully saturated rings. The minimum Gasteiger partial charge on any atom is -0.481 e. The number of carboxylic acids is 1. The summed E-state index contributed by atoms with van der Waals surface area (Å²) >= 11 is 0. The average molecular weight is 621 g/mol. The molecule has 0 aliphatic rings. The van der Waals surface area contributed by atoms with Crippen LogP contribution in [-0.4, -0.2) is 27.5 Å². The van der Waals surface area contributed by atoms with E-state index in [2.05, 4.69) is 85.9 Å². The SMILES string of the molecule is CC(C)c1cn(CCCC(=O)O)cc1C(=O)c1cccc(NC(CCCCCc2ccccc2)CCCCCc2ccccc2)c1. The zero-order valence-corrected chi connectivity index (χ0v) is 27.8. The maximum absolute atomic E-state index is 13.8. The Labute approximate surface area is 276 Å². The van der Waals surface area contributed by atoms with Gasteiger partial charge in [0, 0.05) is 48.2 Å². The highest BCUT2D eigenvalue weighted by Crippen LogP contribution is 2.26. The zero-order chi connectivity index (χ0) is 32.6. The van der Waals surface area contributed by atoms with Crippen molar-refractivity contribution in [3.63, 3.8) is 0 Å². The van der Waals surface area contributed by atoms with Crippen LogP contribution in [-0.2, 0) is 24.2 Å². The number of ketones is 1. The Morgan fingerprint density at radius 1 is 0.717 bits per heavy atom. The molecule has 1 aromatic heterocycles. The van der Waals surface area contributed by atoms with E-state index < -0.39 is 5.97 Å². The van der Waals surface area contributed by atoms with Gasteiger partial charge in [-0.2, -0.15) is 0 Å². The lowest BCUT2D eigenvalue weighted by molar-refractivity contribution is -0.137. The third-order valence-corrected chi connectivity index (χ3v) is 8.80. The smallest absolute Gasteiger partial charge is 0.303 e. The summed E-state index contributed by atoms with van der Waals surface area (Å²) in [5, 5.41) is 12.8. The number of carboxylic acid groups (broad SMARTS) is 1. The van der Waals surface area contributed by atoms with Gasteiger partial charge >= 0.3 is 5.97 Å². The lowest BCUT2D eigenvalue weighted by Crippen LogP contribution is -2.20. The van der Waals surface area contributed by atoms with Crippen LogP contribution in [0.2, 0.25) is 0 Å². The molecular formula is C41H52N2O3. The van der Waals surface area contributed by atoms with Crippen molar-refractivity contribution in [1.29, 1.82) is 0 Å². The highest BCUT2D eigenvalue weighted by molar-refractivity contribution is 6.10. The van der Waals surface area contributed by atoms with E-state index in [1.54, 1.807) is 0 Å². The summed E-state index contributed by atoms with van der Waals surface area (Å²) in [5.41, 5.74) is 6.20. The lowest BCUT2D eigenvalue weighted by atomic mass is 9.96. The van der Waals surface area contributed by atoms with Gasteiger partial charge in [0.05, 0.1) is 0 Å². The summed E-state index contributed by atoms with van der Waals surface area (Å²) in [6, 6.07) is 29.8. The topological polar surface area (TPSA) is 71.3 Å². The molecule has 3 aromatic carbocycles. The fourth-order valence-corrected chi connectivity index (χ4v) is 6.23. The molecule has 0 spiro atoms. The highest BCUT2D eigenvalue weighted by atomic mass is 16.4.